The summed E-state index contributed by atoms with van der Waals surface area (Å²) in [5.74, 6) is -1.60. The van der Waals surface area contributed by atoms with Gasteiger partial charge < -0.3 is 10.4 Å². The van der Waals surface area contributed by atoms with E-state index in [4.69, 9.17) is 11.6 Å². The molecule has 6 rings (SSSR count). The number of phenols is 1. The number of nitrogens with one attached hydrogen (secondary N) is 1. The van der Waals surface area contributed by atoms with Crippen molar-refractivity contribution in [3.63, 3.8) is 0 Å². The Balaban J connectivity index is 1.31. The molecule has 0 unspecified atom stereocenters. The van der Waals surface area contributed by atoms with Crippen molar-refractivity contribution < 1.29 is 19.5 Å². The van der Waals surface area contributed by atoms with E-state index in [2.05, 4.69) is 5.32 Å². The number of nitrogens with zero attached hydrogens (tertiary/aromatic N) is 1. The van der Waals surface area contributed by atoms with Gasteiger partial charge in [0, 0.05) is 5.69 Å². The van der Waals surface area contributed by atoms with Gasteiger partial charge in [0.25, 0.3) is 5.91 Å². The summed E-state index contributed by atoms with van der Waals surface area (Å²) in [6, 6.07) is 15.3. The zero-order valence-electron chi connectivity index (χ0n) is 17.4. The highest BCUT2D eigenvalue weighted by Crippen LogP contribution is 2.53. The van der Waals surface area contributed by atoms with Gasteiger partial charge in [0.2, 0.25) is 11.8 Å². The summed E-state index contributed by atoms with van der Waals surface area (Å²) in [4.78, 5) is 40.4. The van der Waals surface area contributed by atoms with Crippen molar-refractivity contribution in [2.75, 3.05) is 10.2 Å². The van der Waals surface area contributed by atoms with E-state index in [1.54, 1.807) is 24.3 Å². The molecule has 2 aliphatic carbocycles. The van der Waals surface area contributed by atoms with Crippen LogP contribution < -0.4 is 10.2 Å². The van der Waals surface area contributed by atoms with Crippen LogP contribution in [0.3, 0.4) is 0 Å². The molecule has 3 aliphatic rings. The maximum atomic E-state index is 13.2. The summed E-state index contributed by atoms with van der Waals surface area (Å²) in [7, 11) is 0. The molecule has 1 aliphatic heterocycles. The van der Waals surface area contributed by atoms with Crippen LogP contribution in [0.25, 0.3) is 10.8 Å². The lowest BCUT2D eigenvalue weighted by atomic mass is 9.85. The van der Waals surface area contributed by atoms with Crippen molar-refractivity contribution in [1.29, 1.82) is 0 Å². The Bertz CT molecular complexity index is 1370. The molecule has 0 radical (unpaired) electrons. The van der Waals surface area contributed by atoms with Gasteiger partial charge in [0.05, 0.1) is 28.1 Å². The number of fused-ring (bicyclic) bond motifs is 6. The zero-order chi connectivity index (χ0) is 22.9. The molecule has 3 amide bonds. The lowest BCUT2D eigenvalue weighted by Gasteiger charge is -2.19. The van der Waals surface area contributed by atoms with Crippen LogP contribution in [-0.2, 0) is 9.59 Å². The van der Waals surface area contributed by atoms with Gasteiger partial charge in [0.15, 0.2) is 0 Å². The van der Waals surface area contributed by atoms with Gasteiger partial charge in [-0.05, 0) is 59.4 Å². The van der Waals surface area contributed by atoms with Crippen LogP contribution in [-0.4, -0.2) is 22.8 Å². The first-order valence-corrected chi connectivity index (χ1v) is 11.2. The van der Waals surface area contributed by atoms with Crippen LogP contribution in [0.2, 0.25) is 5.02 Å². The quantitative estimate of drug-likeness (QED) is 0.437. The Morgan fingerprint density at radius 3 is 2.24 bits per heavy atom. The Morgan fingerprint density at radius 2 is 1.58 bits per heavy atom. The van der Waals surface area contributed by atoms with E-state index in [0.717, 1.165) is 17.2 Å². The third kappa shape index (κ3) is 2.98. The molecule has 2 fully saturated rings. The standard InChI is InChI=1S/C26H19ClN2O4/c27-19-8-7-17(28-24(31)18-10-13-3-1-2-4-14(13)11-21(18)30)12-20(19)29-25(32)22-15-5-6-16(9-15)23(22)26(29)33/h1-8,10-12,15-16,22-23,30H,9H2,(H,28,31)/t15-,16+,22-,23-/m0/s1. The monoisotopic (exact) mass is 458 g/mol. The van der Waals surface area contributed by atoms with Crippen molar-refractivity contribution in [1.82, 2.24) is 0 Å². The van der Waals surface area contributed by atoms with Crippen molar-refractivity contribution in [2.45, 2.75) is 6.42 Å². The Labute approximate surface area is 194 Å². The van der Waals surface area contributed by atoms with E-state index in [0.29, 0.717) is 5.69 Å². The molecule has 2 bridgehead atoms. The van der Waals surface area contributed by atoms with Gasteiger partial charge in [0.1, 0.15) is 5.75 Å². The Morgan fingerprint density at radius 1 is 0.939 bits per heavy atom. The fourth-order valence-electron chi connectivity index (χ4n) is 5.51. The number of carbonyl (C=O) groups is 3. The van der Waals surface area contributed by atoms with Crippen LogP contribution in [0, 0.1) is 23.7 Å². The number of benzene rings is 3. The molecule has 164 valence electrons. The number of halogens is 1. The summed E-state index contributed by atoms with van der Waals surface area (Å²) < 4.78 is 0. The van der Waals surface area contributed by atoms with Gasteiger partial charge in [-0.3, -0.25) is 14.4 Å². The molecule has 1 saturated heterocycles. The highest BCUT2D eigenvalue weighted by molar-refractivity contribution is 6.36. The van der Waals surface area contributed by atoms with E-state index in [-0.39, 0.29) is 57.5 Å². The summed E-state index contributed by atoms with van der Waals surface area (Å²) in [6.45, 7) is 0. The summed E-state index contributed by atoms with van der Waals surface area (Å²) >= 11 is 6.38. The van der Waals surface area contributed by atoms with E-state index in [1.807, 2.05) is 36.4 Å². The first kappa shape index (κ1) is 20.0. The van der Waals surface area contributed by atoms with Crippen molar-refractivity contribution in [3.05, 3.63) is 77.3 Å². The highest BCUT2D eigenvalue weighted by Gasteiger charge is 2.59. The topological polar surface area (TPSA) is 86.7 Å². The number of rotatable bonds is 3. The number of hydrogen-bond donors (Lipinski definition) is 2. The highest BCUT2D eigenvalue weighted by atomic mass is 35.5. The average Bonchev–Trinajstić information content (AvgIpc) is 3.48. The number of allylic oxidation sites excluding steroid dienone is 2. The first-order valence-electron chi connectivity index (χ1n) is 10.8. The molecule has 2 N–H and O–H groups in total. The minimum atomic E-state index is -0.510. The molecular weight excluding hydrogens is 440 g/mol. The van der Waals surface area contributed by atoms with Crippen LogP contribution >= 0.6 is 11.6 Å². The summed E-state index contributed by atoms with van der Waals surface area (Å²) in [5, 5.41) is 15.0. The largest absolute Gasteiger partial charge is 0.507 e. The minimum Gasteiger partial charge on any atom is -0.507 e. The predicted octanol–water partition coefficient (Wildman–Crippen LogP) is 4.76. The number of anilines is 2. The Hall–Kier alpha value is -3.64. The SMILES string of the molecule is O=C(Nc1ccc(Cl)c(N2C(=O)[C@@H]3[C@@H](C2=O)[C@H]2C=C[C@@H]3C2)c1)c1cc2ccccc2cc1O. The van der Waals surface area contributed by atoms with Crippen LogP contribution in [0.1, 0.15) is 16.8 Å². The molecule has 33 heavy (non-hydrogen) atoms. The van der Waals surface area contributed by atoms with Crippen LogP contribution in [0.15, 0.2) is 66.7 Å². The molecule has 3 aromatic carbocycles. The minimum absolute atomic E-state index is 0.0963. The molecule has 7 heteroatoms. The second kappa shape index (κ2) is 7.18. The van der Waals surface area contributed by atoms with E-state index in [1.165, 1.54) is 11.0 Å². The van der Waals surface area contributed by atoms with Gasteiger partial charge in [-0.15, -0.1) is 0 Å². The molecule has 0 spiro atoms. The average molecular weight is 459 g/mol. The van der Waals surface area contributed by atoms with E-state index >= 15 is 0 Å². The zero-order valence-corrected chi connectivity index (χ0v) is 18.1. The number of imide groups is 1. The predicted molar refractivity (Wildman–Crippen MR) is 125 cm³/mol. The third-order valence-electron chi connectivity index (χ3n) is 7.02. The van der Waals surface area contributed by atoms with E-state index in [9.17, 15) is 19.5 Å². The summed E-state index contributed by atoms with van der Waals surface area (Å²) in [5.41, 5.74) is 0.752. The van der Waals surface area contributed by atoms with Gasteiger partial charge in [-0.25, -0.2) is 4.90 Å². The molecular formula is C26H19ClN2O4. The molecule has 1 saturated carbocycles. The Kier molecular flexibility index (Phi) is 4.35. The van der Waals surface area contributed by atoms with Crippen LogP contribution in [0.5, 0.6) is 5.75 Å². The normalized spacial score (nSPS) is 25.2. The van der Waals surface area contributed by atoms with Crippen molar-refractivity contribution >= 4 is 51.5 Å². The van der Waals surface area contributed by atoms with E-state index < -0.39 is 5.91 Å². The molecule has 3 aromatic rings. The number of aromatic hydroxyl groups is 1. The maximum Gasteiger partial charge on any atom is 0.259 e. The first-order chi connectivity index (χ1) is 15.9. The second-order valence-electron chi connectivity index (χ2n) is 8.85. The maximum absolute atomic E-state index is 13.2. The van der Waals surface area contributed by atoms with Crippen molar-refractivity contribution in [2.24, 2.45) is 23.7 Å². The second-order valence-corrected chi connectivity index (χ2v) is 9.26. The lowest BCUT2D eigenvalue weighted by molar-refractivity contribution is -0.123. The molecule has 6 nitrogen and oxygen atoms in total. The van der Waals surface area contributed by atoms with Gasteiger partial charge in [-0.2, -0.15) is 0 Å². The third-order valence-corrected chi connectivity index (χ3v) is 7.34. The number of amides is 3. The smallest absolute Gasteiger partial charge is 0.259 e. The number of phenolic OH excluding ortho intramolecular Hbond substituents is 1. The van der Waals surface area contributed by atoms with Crippen LogP contribution in [0.4, 0.5) is 11.4 Å². The van der Waals surface area contributed by atoms with Gasteiger partial charge >= 0.3 is 0 Å². The van der Waals surface area contributed by atoms with Gasteiger partial charge in [-0.1, -0.05) is 48.0 Å². The van der Waals surface area contributed by atoms with Crippen molar-refractivity contribution in [3.8, 4) is 5.75 Å². The molecule has 4 atom stereocenters. The number of hydrogen-bond acceptors (Lipinski definition) is 4. The lowest BCUT2D eigenvalue weighted by Crippen LogP contribution is -2.33. The molecule has 1 heterocycles. The summed E-state index contributed by atoms with van der Waals surface area (Å²) in [6.07, 6.45) is 4.92. The number of carbonyl (C=O) groups excluding carboxylic acids is 3. The fourth-order valence-corrected chi connectivity index (χ4v) is 5.71. The molecule has 0 aromatic heterocycles. The fraction of sp³-hybridized carbons (Fsp3) is 0.192.